The second-order valence-corrected chi connectivity index (χ2v) is 11.3. The van der Waals surface area contributed by atoms with Crippen LogP contribution >= 0.6 is 0 Å². The zero-order chi connectivity index (χ0) is 23.1. The van der Waals surface area contributed by atoms with E-state index in [-0.39, 0.29) is 17.0 Å². The molecule has 1 fully saturated rings. The molecule has 0 radical (unpaired) electrons. The van der Waals surface area contributed by atoms with Crippen LogP contribution in [-0.2, 0) is 15.4 Å². The SMILES string of the molecule is CC(c1nc2ccccc2c(=O)[nH]1)N1CCN(S(=O)(=O)c2ccc(C(C)(C)C)cc2)CC1. The molecule has 2 aromatic carbocycles. The summed E-state index contributed by atoms with van der Waals surface area (Å²) in [6.45, 7) is 10.2. The van der Waals surface area contributed by atoms with Crippen LogP contribution in [0.1, 0.15) is 45.1 Å². The van der Waals surface area contributed by atoms with Gasteiger partial charge < -0.3 is 4.98 Å². The van der Waals surface area contributed by atoms with Crippen LogP contribution in [-0.4, -0.2) is 53.8 Å². The molecule has 170 valence electrons. The van der Waals surface area contributed by atoms with E-state index in [1.807, 2.05) is 37.3 Å². The molecule has 1 atom stereocenters. The third-order valence-electron chi connectivity index (χ3n) is 6.21. The molecule has 0 aliphatic carbocycles. The Morgan fingerprint density at radius 2 is 1.59 bits per heavy atom. The number of para-hydroxylation sites is 1. The van der Waals surface area contributed by atoms with Crippen molar-refractivity contribution in [3.05, 3.63) is 70.3 Å². The number of hydrogen-bond donors (Lipinski definition) is 1. The molecule has 1 saturated heterocycles. The third kappa shape index (κ3) is 4.35. The normalized spacial score (nSPS) is 17.5. The van der Waals surface area contributed by atoms with Gasteiger partial charge in [-0.3, -0.25) is 9.69 Å². The number of sulfonamides is 1. The van der Waals surface area contributed by atoms with Gasteiger partial charge in [0.15, 0.2) is 0 Å². The van der Waals surface area contributed by atoms with Gasteiger partial charge in [0, 0.05) is 26.2 Å². The first-order valence-corrected chi connectivity index (χ1v) is 12.3. The van der Waals surface area contributed by atoms with Gasteiger partial charge in [0.2, 0.25) is 10.0 Å². The average Bonchev–Trinajstić information content (AvgIpc) is 2.78. The molecule has 1 N–H and O–H groups in total. The Morgan fingerprint density at radius 3 is 2.22 bits per heavy atom. The van der Waals surface area contributed by atoms with Crippen LogP contribution in [0.25, 0.3) is 10.9 Å². The van der Waals surface area contributed by atoms with Gasteiger partial charge in [0.1, 0.15) is 5.82 Å². The van der Waals surface area contributed by atoms with E-state index in [4.69, 9.17) is 0 Å². The lowest BCUT2D eigenvalue weighted by atomic mass is 9.87. The number of aromatic amines is 1. The summed E-state index contributed by atoms with van der Waals surface area (Å²) in [6, 6.07) is 14.3. The minimum absolute atomic E-state index is 0.0260. The van der Waals surface area contributed by atoms with Crippen molar-refractivity contribution < 1.29 is 8.42 Å². The molecular weight excluding hydrogens is 424 g/mol. The van der Waals surface area contributed by atoms with Crippen molar-refractivity contribution in [3.8, 4) is 0 Å². The van der Waals surface area contributed by atoms with Gasteiger partial charge in [0.25, 0.3) is 5.56 Å². The summed E-state index contributed by atoms with van der Waals surface area (Å²) in [4.78, 5) is 22.4. The van der Waals surface area contributed by atoms with Crippen molar-refractivity contribution in [1.29, 1.82) is 0 Å². The molecule has 7 nitrogen and oxygen atoms in total. The highest BCUT2D eigenvalue weighted by atomic mass is 32.2. The Hall–Kier alpha value is -2.55. The number of benzene rings is 2. The Kier molecular flexibility index (Phi) is 5.96. The fraction of sp³-hybridized carbons (Fsp3) is 0.417. The van der Waals surface area contributed by atoms with E-state index in [1.165, 1.54) is 0 Å². The largest absolute Gasteiger partial charge is 0.309 e. The van der Waals surface area contributed by atoms with Crippen LogP contribution in [0, 0.1) is 0 Å². The number of piperazine rings is 1. The number of fused-ring (bicyclic) bond motifs is 1. The van der Waals surface area contributed by atoms with Crippen LogP contribution in [0.5, 0.6) is 0 Å². The quantitative estimate of drug-likeness (QED) is 0.654. The molecule has 32 heavy (non-hydrogen) atoms. The van der Waals surface area contributed by atoms with E-state index in [2.05, 4.69) is 35.6 Å². The van der Waals surface area contributed by atoms with E-state index < -0.39 is 10.0 Å². The Morgan fingerprint density at radius 1 is 0.969 bits per heavy atom. The summed E-state index contributed by atoms with van der Waals surface area (Å²) in [5, 5.41) is 0.567. The van der Waals surface area contributed by atoms with Crippen LogP contribution in [0.15, 0.2) is 58.2 Å². The van der Waals surface area contributed by atoms with Crippen molar-refractivity contribution in [1.82, 2.24) is 19.2 Å². The van der Waals surface area contributed by atoms with E-state index in [9.17, 15) is 13.2 Å². The predicted molar refractivity (Wildman–Crippen MR) is 126 cm³/mol. The molecule has 3 aromatic rings. The highest BCUT2D eigenvalue weighted by molar-refractivity contribution is 7.89. The minimum atomic E-state index is -3.54. The van der Waals surface area contributed by atoms with Crippen molar-refractivity contribution in [2.75, 3.05) is 26.2 Å². The lowest BCUT2D eigenvalue weighted by Crippen LogP contribution is -2.49. The van der Waals surface area contributed by atoms with E-state index in [0.717, 1.165) is 5.56 Å². The maximum atomic E-state index is 13.1. The first kappa shape index (κ1) is 22.6. The second-order valence-electron chi connectivity index (χ2n) is 9.36. The van der Waals surface area contributed by atoms with Gasteiger partial charge in [0.05, 0.1) is 21.8 Å². The summed E-state index contributed by atoms with van der Waals surface area (Å²) >= 11 is 0. The highest BCUT2D eigenvalue weighted by Crippen LogP contribution is 2.26. The number of aromatic nitrogens is 2. The van der Waals surface area contributed by atoms with Crippen LogP contribution in [0.4, 0.5) is 0 Å². The maximum absolute atomic E-state index is 13.1. The van der Waals surface area contributed by atoms with Crippen LogP contribution in [0.2, 0.25) is 0 Å². The lowest BCUT2D eigenvalue weighted by molar-refractivity contribution is 0.141. The predicted octanol–water partition coefficient (Wildman–Crippen LogP) is 3.29. The van der Waals surface area contributed by atoms with Crippen LogP contribution in [0.3, 0.4) is 0 Å². The zero-order valence-electron chi connectivity index (χ0n) is 19.0. The number of rotatable bonds is 4. The summed E-state index contributed by atoms with van der Waals surface area (Å²) in [7, 11) is -3.54. The van der Waals surface area contributed by atoms with Gasteiger partial charge in [-0.25, -0.2) is 13.4 Å². The Labute approximate surface area is 189 Å². The molecule has 0 spiro atoms. The molecule has 0 saturated carbocycles. The van der Waals surface area contributed by atoms with Crippen molar-refractivity contribution in [3.63, 3.8) is 0 Å². The lowest BCUT2D eigenvalue weighted by Gasteiger charge is -2.37. The number of nitrogens with one attached hydrogen (secondary N) is 1. The van der Waals surface area contributed by atoms with Crippen LogP contribution < -0.4 is 5.56 Å². The fourth-order valence-corrected chi connectivity index (χ4v) is 5.50. The highest BCUT2D eigenvalue weighted by Gasteiger charge is 2.31. The van der Waals surface area contributed by atoms with Gasteiger partial charge in [-0.15, -0.1) is 0 Å². The number of hydrogen-bond acceptors (Lipinski definition) is 5. The number of H-pyrrole nitrogens is 1. The monoisotopic (exact) mass is 454 g/mol. The Bertz CT molecular complexity index is 1270. The molecule has 1 aliphatic heterocycles. The molecule has 1 aliphatic rings. The van der Waals surface area contributed by atoms with E-state index >= 15 is 0 Å². The second kappa shape index (κ2) is 8.42. The molecule has 2 heterocycles. The fourth-order valence-electron chi connectivity index (χ4n) is 4.08. The molecule has 1 unspecified atom stereocenters. The number of nitrogens with zero attached hydrogens (tertiary/aromatic N) is 3. The topological polar surface area (TPSA) is 86.4 Å². The van der Waals surface area contributed by atoms with Crippen molar-refractivity contribution in [2.24, 2.45) is 0 Å². The summed E-state index contributed by atoms with van der Waals surface area (Å²) in [5.41, 5.74) is 1.59. The molecule has 0 bridgehead atoms. The maximum Gasteiger partial charge on any atom is 0.258 e. The van der Waals surface area contributed by atoms with Gasteiger partial charge >= 0.3 is 0 Å². The first-order valence-electron chi connectivity index (χ1n) is 10.9. The summed E-state index contributed by atoms with van der Waals surface area (Å²) < 4.78 is 27.8. The molecular formula is C24H30N4O3S. The third-order valence-corrected chi connectivity index (χ3v) is 8.12. The molecule has 0 amide bonds. The van der Waals surface area contributed by atoms with Gasteiger partial charge in [-0.1, -0.05) is 45.0 Å². The van der Waals surface area contributed by atoms with Gasteiger partial charge in [-0.05, 0) is 42.2 Å². The standard InChI is InChI=1S/C24H30N4O3S/c1-17(22-25-21-8-6-5-7-20(21)23(29)26-22)27-13-15-28(16-14-27)32(30,31)19-11-9-18(10-12-19)24(2,3)4/h5-12,17H,13-16H2,1-4H3,(H,25,26,29). The first-order chi connectivity index (χ1) is 15.1. The smallest absolute Gasteiger partial charge is 0.258 e. The van der Waals surface area contributed by atoms with Crippen molar-refractivity contribution in [2.45, 2.75) is 44.0 Å². The molecule has 1 aromatic heterocycles. The van der Waals surface area contributed by atoms with E-state index in [0.29, 0.717) is 47.8 Å². The molecule has 8 heteroatoms. The molecule has 4 rings (SSSR count). The Balaban J connectivity index is 1.47. The van der Waals surface area contributed by atoms with Gasteiger partial charge in [-0.2, -0.15) is 4.31 Å². The minimum Gasteiger partial charge on any atom is -0.309 e. The van der Waals surface area contributed by atoms with E-state index in [1.54, 1.807) is 22.5 Å². The zero-order valence-corrected chi connectivity index (χ0v) is 19.8. The summed E-state index contributed by atoms with van der Waals surface area (Å²) in [5.74, 6) is 0.600. The summed E-state index contributed by atoms with van der Waals surface area (Å²) in [6.07, 6.45) is 0. The van der Waals surface area contributed by atoms with Crippen molar-refractivity contribution >= 4 is 20.9 Å². The average molecular weight is 455 g/mol.